The average Bonchev–Trinajstić information content (AvgIpc) is 2.13. The van der Waals surface area contributed by atoms with Crippen molar-refractivity contribution in [1.82, 2.24) is 0 Å². The molecule has 3 heteroatoms. The molecule has 0 saturated heterocycles. The number of rotatable bonds is 2. The van der Waals surface area contributed by atoms with Crippen LogP contribution in [0.2, 0.25) is 5.02 Å². The van der Waals surface area contributed by atoms with E-state index in [0.29, 0.717) is 5.02 Å². The minimum absolute atomic E-state index is 0.341. The van der Waals surface area contributed by atoms with E-state index in [4.69, 9.17) is 16.3 Å². The van der Waals surface area contributed by atoms with E-state index < -0.39 is 5.60 Å². The third kappa shape index (κ3) is 5.05. The Balaban J connectivity index is 2.74. The minimum Gasteiger partial charge on any atom is -0.457 e. The number of halogens is 1. The highest BCUT2D eigenvalue weighted by molar-refractivity contribution is 6.30. The summed E-state index contributed by atoms with van der Waals surface area (Å²) in [6.45, 7) is 7.46. The first-order valence-electron chi connectivity index (χ1n) is 5.45. The van der Waals surface area contributed by atoms with Crippen LogP contribution >= 0.6 is 11.6 Å². The Morgan fingerprint density at radius 1 is 1.35 bits per heavy atom. The number of carbonyl (C=O) groups is 1. The topological polar surface area (TPSA) is 26.3 Å². The molecule has 0 fully saturated rings. The van der Waals surface area contributed by atoms with Gasteiger partial charge < -0.3 is 4.74 Å². The highest BCUT2D eigenvalue weighted by Crippen LogP contribution is 2.16. The van der Waals surface area contributed by atoms with Crippen LogP contribution in [0.3, 0.4) is 0 Å². The number of ether oxygens (including phenoxy) is 1. The van der Waals surface area contributed by atoms with Gasteiger partial charge in [0.1, 0.15) is 5.60 Å². The van der Waals surface area contributed by atoms with Crippen LogP contribution in [-0.4, -0.2) is 11.6 Å². The molecule has 0 aliphatic carbocycles. The Labute approximate surface area is 107 Å². The van der Waals surface area contributed by atoms with Crippen LogP contribution in [0, 0.1) is 6.92 Å². The van der Waals surface area contributed by atoms with Crippen molar-refractivity contribution in [2.45, 2.75) is 33.3 Å². The van der Waals surface area contributed by atoms with Gasteiger partial charge in [-0.1, -0.05) is 17.7 Å². The zero-order valence-corrected chi connectivity index (χ0v) is 11.3. The van der Waals surface area contributed by atoms with Crippen molar-refractivity contribution in [1.29, 1.82) is 0 Å². The van der Waals surface area contributed by atoms with E-state index >= 15 is 0 Å². The van der Waals surface area contributed by atoms with Crippen molar-refractivity contribution in [2.24, 2.45) is 0 Å². The van der Waals surface area contributed by atoms with Crippen molar-refractivity contribution in [3.8, 4) is 0 Å². The Morgan fingerprint density at radius 2 is 2.00 bits per heavy atom. The number of hydrogen-bond donors (Lipinski definition) is 0. The normalized spacial score (nSPS) is 11.8. The molecular formula is C14H17ClO2. The lowest BCUT2D eigenvalue weighted by atomic mass is 10.1. The van der Waals surface area contributed by atoms with Gasteiger partial charge in [-0.05, 0) is 57.0 Å². The predicted molar refractivity (Wildman–Crippen MR) is 71.1 cm³/mol. The maximum absolute atomic E-state index is 11.5. The molecule has 0 heterocycles. The first kappa shape index (κ1) is 13.8. The molecule has 0 unspecified atom stereocenters. The lowest BCUT2D eigenvalue weighted by Crippen LogP contribution is -2.22. The molecule has 1 aromatic rings. The average molecular weight is 253 g/mol. The van der Waals surface area contributed by atoms with E-state index in [1.54, 1.807) is 12.1 Å². The molecule has 17 heavy (non-hydrogen) atoms. The molecule has 0 aliphatic rings. The molecule has 1 rings (SSSR count). The van der Waals surface area contributed by atoms with Crippen LogP contribution < -0.4 is 0 Å². The molecule has 0 spiro atoms. The summed E-state index contributed by atoms with van der Waals surface area (Å²) in [4.78, 5) is 11.5. The van der Waals surface area contributed by atoms with Gasteiger partial charge in [0.2, 0.25) is 0 Å². The van der Waals surface area contributed by atoms with Crippen molar-refractivity contribution >= 4 is 23.6 Å². The maximum atomic E-state index is 11.5. The second-order valence-electron chi connectivity index (χ2n) is 4.87. The summed E-state index contributed by atoms with van der Waals surface area (Å²) in [5.74, 6) is -0.341. The van der Waals surface area contributed by atoms with E-state index in [1.807, 2.05) is 39.8 Å². The molecule has 1 aromatic carbocycles. The molecular weight excluding hydrogens is 236 g/mol. The second kappa shape index (κ2) is 5.37. The monoisotopic (exact) mass is 252 g/mol. The highest BCUT2D eigenvalue weighted by atomic mass is 35.5. The van der Waals surface area contributed by atoms with Gasteiger partial charge in [0.05, 0.1) is 0 Å². The molecule has 0 atom stereocenters. The summed E-state index contributed by atoms with van der Waals surface area (Å²) in [6, 6.07) is 5.53. The van der Waals surface area contributed by atoms with E-state index in [2.05, 4.69) is 0 Å². The van der Waals surface area contributed by atoms with Crippen molar-refractivity contribution in [2.75, 3.05) is 0 Å². The lowest BCUT2D eigenvalue weighted by Gasteiger charge is -2.17. The summed E-state index contributed by atoms with van der Waals surface area (Å²) >= 11 is 5.85. The number of esters is 1. The summed E-state index contributed by atoms with van der Waals surface area (Å²) in [7, 11) is 0. The van der Waals surface area contributed by atoms with Gasteiger partial charge in [-0.15, -0.1) is 0 Å². The molecule has 0 saturated carbocycles. The van der Waals surface area contributed by atoms with Crippen LogP contribution in [0.15, 0.2) is 24.3 Å². The van der Waals surface area contributed by atoms with E-state index in [9.17, 15) is 4.79 Å². The fourth-order valence-corrected chi connectivity index (χ4v) is 1.55. The van der Waals surface area contributed by atoms with Gasteiger partial charge in [0, 0.05) is 11.1 Å². The van der Waals surface area contributed by atoms with Crippen LogP contribution in [0.4, 0.5) is 0 Å². The molecule has 2 nitrogen and oxygen atoms in total. The number of carbonyl (C=O) groups excluding carboxylic acids is 1. The van der Waals surface area contributed by atoms with Crippen LogP contribution in [-0.2, 0) is 9.53 Å². The van der Waals surface area contributed by atoms with E-state index in [0.717, 1.165) is 11.1 Å². The molecule has 0 radical (unpaired) electrons. The van der Waals surface area contributed by atoms with Crippen molar-refractivity contribution < 1.29 is 9.53 Å². The van der Waals surface area contributed by atoms with Gasteiger partial charge in [0.25, 0.3) is 0 Å². The van der Waals surface area contributed by atoms with E-state index in [-0.39, 0.29) is 5.97 Å². The van der Waals surface area contributed by atoms with Gasteiger partial charge in [-0.3, -0.25) is 0 Å². The number of benzene rings is 1. The minimum atomic E-state index is -0.462. The first-order chi connectivity index (χ1) is 7.78. The largest absolute Gasteiger partial charge is 0.457 e. The first-order valence-corrected chi connectivity index (χ1v) is 5.83. The summed E-state index contributed by atoms with van der Waals surface area (Å²) in [5.41, 5.74) is 1.52. The van der Waals surface area contributed by atoms with Crippen molar-refractivity contribution in [3.05, 3.63) is 40.4 Å². The standard InChI is InChI=1S/C14H17ClO2/c1-10-9-12(15)7-5-11(10)6-8-13(16)17-14(2,3)4/h5-9H,1-4H3/b8-6+. The maximum Gasteiger partial charge on any atom is 0.331 e. The molecule has 0 aromatic heterocycles. The molecule has 0 bridgehead atoms. The summed E-state index contributed by atoms with van der Waals surface area (Å²) < 4.78 is 5.17. The predicted octanol–water partition coefficient (Wildman–Crippen LogP) is 4.00. The zero-order valence-electron chi connectivity index (χ0n) is 10.6. The summed E-state index contributed by atoms with van der Waals surface area (Å²) in [5, 5.41) is 0.692. The molecule has 92 valence electrons. The number of aryl methyl sites for hydroxylation is 1. The van der Waals surface area contributed by atoms with Gasteiger partial charge in [-0.25, -0.2) is 4.79 Å². The van der Waals surface area contributed by atoms with Gasteiger partial charge in [-0.2, -0.15) is 0 Å². The highest BCUT2D eigenvalue weighted by Gasteiger charge is 2.13. The second-order valence-corrected chi connectivity index (χ2v) is 5.30. The quantitative estimate of drug-likeness (QED) is 0.587. The molecule has 0 N–H and O–H groups in total. The van der Waals surface area contributed by atoms with Crippen LogP contribution in [0.25, 0.3) is 6.08 Å². The fourth-order valence-electron chi connectivity index (χ4n) is 1.32. The van der Waals surface area contributed by atoms with Crippen LogP contribution in [0.5, 0.6) is 0 Å². The molecule has 0 aliphatic heterocycles. The Bertz CT molecular complexity index is 442. The van der Waals surface area contributed by atoms with E-state index in [1.165, 1.54) is 6.08 Å². The zero-order chi connectivity index (χ0) is 13.1. The Morgan fingerprint density at radius 3 is 2.53 bits per heavy atom. The third-order valence-corrected chi connectivity index (χ3v) is 2.27. The van der Waals surface area contributed by atoms with Gasteiger partial charge in [0.15, 0.2) is 0 Å². The fraction of sp³-hybridized carbons (Fsp3) is 0.357. The third-order valence-electron chi connectivity index (χ3n) is 2.04. The van der Waals surface area contributed by atoms with Crippen LogP contribution in [0.1, 0.15) is 31.9 Å². The Hall–Kier alpha value is -1.28. The molecule has 0 amide bonds. The number of hydrogen-bond acceptors (Lipinski definition) is 2. The smallest absolute Gasteiger partial charge is 0.331 e. The Kier molecular flexibility index (Phi) is 4.35. The van der Waals surface area contributed by atoms with Gasteiger partial charge >= 0.3 is 5.97 Å². The SMILES string of the molecule is Cc1cc(Cl)ccc1/C=C/C(=O)OC(C)(C)C. The summed E-state index contributed by atoms with van der Waals surface area (Å²) in [6.07, 6.45) is 3.17. The van der Waals surface area contributed by atoms with Crippen molar-refractivity contribution in [3.63, 3.8) is 0 Å². The lowest BCUT2D eigenvalue weighted by molar-refractivity contribution is -0.148.